The summed E-state index contributed by atoms with van der Waals surface area (Å²) in [6.45, 7) is 1.90. The highest BCUT2D eigenvalue weighted by Crippen LogP contribution is 2.53. The van der Waals surface area contributed by atoms with Gasteiger partial charge in [-0.2, -0.15) is 0 Å². The van der Waals surface area contributed by atoms with Crippen LogP contribution in [-0.2, 0) is 9.59 Å². The van der Waals surface area contributed by atoms with Gasteiger partial charge >= 0.3 is 0 Å². The smallest absolute Gasteiger partial charge is 0.234 e. The zero-order valence-corrected chi connectivity index (χ0v) is 18.6. The molecule has 2 bridgehead atoms. The number of fused-ring (bicyclic) bond motifs is 3. The molecule has 1 saturated heterocycles. The zero-order chi connectivity index (χ0) is 22.7. The fourth-order valence-corrected chi connectivity index (χ4v) is 5.91. The molecule has 1 aliphatic carbocycles. The van der Waals surface area contributed by atoms with Crippen LogP contribution in [-0.4, -0.2) is 16.8 Å². The van der Waals surface area contributed by atoms with Crippen LogP contribution in [0.15, 0.2) is 66.0 Å². The van der Waals surface area contributed by atoms with E-state index in [1.54, 1.807) is 18.2 Å². The lowest BCUT2D eigenvalue weighted by molar-refractivity contribution is -0.137. The number of nitrogens with one attached hydrogen (secondary N) is 2. The predicted octanol–water partition coefficient (Wildman–Crippen LogP) is 5.41. The average molecular weight is 458 g/mol. The third kappa shape index (κ3) is 2.99. The number of hydrogen-bond donors (Lipinski definition) is 2. The number of thiazole rings is 1. The Bertz CT molecular complexity index is 1450. The molecule has 3 aromatic carbocycles. The Labute approximate surface area is 193 Å². The van der Waals surface area contributed by atoms with E-state index in [0.29, 0.717) is 22.6 Å². The molecule has 1 aromatic heterocycles. The summed E-state index contributed by atoms with van der Waals surface area (Å²) in [7, 11) is 0. The second-order valence-corrected chi connectivity index (χ2v) is 9.74. The lowest BCUT2D eigenvalue weighted by Gasteiger charge is -2.49. The number of benzene rings is 3. The Morgan fingerprint density at radius 2 is 1.82 bits per heavy atom. The summed E-state index contributed by atoms with van der Waals surface area (Å²) < 4.78 is 14.2. The maximum atomic E-state index is 14.2. The van der Waals surface area contributed by atoms with Gasteiger partial charge in [-0.1, -0.05) is 48.5 Å². The van der Waals surface area contributed by atoms with Gasteiger partial charge in [0, 0.05) is 16.3 Å². The van der Waals surface area contributed by atoms with Gasteiger partial charge in [0.1, 0.15) is 5.82 Å². The van der Waals surface area contributed by atoms with Gasteiger partial charge in [0.25, 0.3) is 0 Å². The molecule has 2 aliphatic heterocycles. The minimum atomic E-state index is -0.790. The maximum Gasteiger partial charge on any atom is 0.234 e. The molecule has 7 rings (SSSR count). The first-order valence-corrected chi connectivity index (χ1v) is 11.7. The summed E-state index contributed by atoms with van der Waals surface area (Å²) in [6, 6.07) is 17.9. The van der Waals surface area contributed by atoms with E-state index in [4.69, 9.17) is 0 Å². The molecule has 3 aliphatic rings. The fourth-order valence-electron chi connectivity index (χ4n) is 5.20. The Morgan fingerprint density at radius 1 is 1.09 bits per heavy atom. The van der Waals surface area contributed by atoms with Crippen molar-refractivity contribution in [3.8, 4) is 11.3 Å². The highest BCUT2D eigenvalue weighted by Gasteiger charge is 2.55. The van der Waals surface area contributed by atoms with E-state index in [0.717, 1.165) is 22.1 Å². The number of anilines is 1. The van der Waals surface area contributed by atoms with Crippen molar-refractivity contribution in [3.05, 3.63) is 83.0 Å². The molecule has 33 heavy (non-hydrogen) atoms. The van der Waals surface area contributed by atoms with Crippen molar-refractivity contribution in [1.82, 2.24) is 10.3 Å². The molecular weight excluding hydrogens is 437 g/mol. The highest BCUT2D eigenvalue weighted by molar-refractivity contribution is 7.14. The SMILES string of the molecule is CC1(C(=O)Nc2nc(-c3ccc(F)c4ccccc34)cs2)CC2C(=O)NC1c1ccccc12. The molecule has 7 heteroatoms. The highest BCUT2D eigenvalue weighted by atomic mass is 32.1. The Morgan fingerprint density at radius 3 is 2.64 bits per heavy atom. The Balaban J connectivity index is 1.30. The number of nitrogens with zero attached hydrogens (tertiary/aromatic N) is 1. The summed E-state index contributed by atoms with van der Waals surface area (Å²) in [6.07, 6.45) is 0.452. The molecule has 4 aromatic rings. The number of carbonyl (C=O) groups is 2. The van der Waals surface area contributed by atoms with E-state index < -0.39 is 5.41 Å². The van der Waals surface area contributed by atoms with Crippen molar-refractivity contribution >= 4 is 39.1 Å². The van der Waals surface area contributed by atoms with Gasteiger partial charge in [0.05, 0.1) is 23.1 Å². The van der Waals surface area contributed by atoms with Gasteiger partial charge in [-0.25, -0.2) is 9.37 Å². The number of halogens is 1. The molecule has 5 nitrogen and oxygen atoms in total. The van der Waals surface area contributed by atoms with Crippen LogP contribution in [0.3, 0.4) is 0 Å². The number of piperidine rings is 1. The van der Waals surface area contributed by atoms with E-state index in [1.807, 2.05) is 48.7 Å². The first-order valence-electron chi connectivity index (χ1n) is 10.8. The number of hydrogen-bond acceptors (Lipinski definition) is 4. The third-order valence-corrected chi connectivity index (χ3v) is 7.70. The monoisotopic (exact) mass is 457 g/mol. The fraction of sp³-hybridized carbons (Fsp3) is 0.192. The van der Waals surface area contributed by atoms with Crippen LogP contribution >= 0.6 is 11.3 Å². The molecule has 2 N–H and O–H groups in total. The molecule has 0 spiro atoms. The standard InChI is InChI=1S/C26H20FN3O2S/c1-26(12-19-15-7-3-5-9-18(15)22(26)29-23(19)31)24(32)30-25-28-21(13-33-25)17-10-11-20(27)16-8-4-2-6-14(16)17/h2-11,13,19,22H,12H2,1H3,(H,29,31)(H,28,30,32). The molecule has 3 atom stereocenters. The third-order valence-electron chi connectivity index (χ3n) is 6.94. The van der Waals surface area contributed by atoms with Gasteiger partial charge in [0.15, 0.2) is 5.13 Å². The van der Waals surface area contributed by atoms with Crippen molar-refractivity contribution in [2.75, 3.05) is 5.32 Å². The topological polar surface area (TPSA) is 71.1 Å². The van der Waals surface area contributed by atoms with Gasteiger partial charge in [-0.3, -0.25) is 9.59 Å². The largest absolute Gasteiger partial charge is 0.348 e. The lowest BCUT2D eigenvalue weighted by Crippen LogP contribution is -2.57. The van der Waals surface area contributed by atoms with Crippen LogP contribution in [0.25, 0.3) is 22.0 Å². The number of carbonyl (C=O) groups excluding carboxylic acids is 2. The van der Waals surface area contributed by atoms with E-state index in [1.165, 1.54) is 17.4 Å². The quantitative estimate of drug-likeness (QED) is 0.432. The maximum absolute atomic E-state index is 14.2. The second kappa shape index (κ2) is 7.22. The van der Waals surface area contributed by atoms with Crippen LogP contribution in [0.5, 0.6) is 0 Å². The van der Waals surface area contributed by atoms with Crippen LogP contribution < -0.4 is 10.6 Å². The van der Waals surface area contributed by atoms with Crippen LogP contribution in [0.2, 0.25) is 0 Å². The van der Waals surface area contributed by atoms with Crippen LogP contribution in [0.1, 0.15) is 36.4 Å². The van der Waals surface area contributed by atoms with Gasteiger partial charge in [-0.15, -0.1) is 11.3 Å². The van der Waals surface area contributed by atoms with Crippen LogP contribution in [0.4, 0.5) is 9.52 Å². The number of amides is 2. The molecule has 0 radical (unpaired) electrons. The lowest BCUT2D eigenvalue weighted by atomic mass is 9.61. The van der Waals surface area contributed by atoms with Gasteiger partial charge in [-0.05, 0) is 42.0 Å². The molecule has 164 valence electrons. The molecular formula is C26H20FN3O2S. The summed E-state index contributed by atoms with van der Waals surface area (Å²) in [5.41, 5.74) is 2.72. The van der Waals surface area contributed by atoms with Crippen molar-refractivity contribution < 1.29 is 14.0 Å². The summed E-state index contributed by atoms with van der Waals surface area (Å²) in [5, 5.41) is 9.66. The summed E-state index contributed by atoms with van der Waals surface area (Å²) in [4.78, 5) is 30.6. The normalized spacial score (nSPS) is 23.3. The van der Waals surface area contributed by atoms with Gasteiger partial charge < -0.3 is 10.6 Å². The average Bonchev–Trinajstić information content (AvgIpc) is 3.29. The van der Waals surface area contributed by atoms with E-state index in [-0.39, 0.29) is 29.6 Å². The Kier molecular flexibility index (Phi) is 4.39. The molecule has 3 unspecified atom stereocenters. The number of rotatable bonds is 3. The first kappa shape index (κ1) is 20.1. The van der Waals surface area contributed by atoms with E-state index in [2.05, 4.69) is 15.6 Å². The van der Waals surface area contributed by atoms with Gasteiger partial charge in [0.2, 0.25) is 11.8 Å². The van der Waals surface area contributed by atoms with Crippen molar-refractivity contribution in [2.24, 2.45) is 5.41 Å². The second-order valence-electron chi connectivity index (χ2n) is 8.88. The molecule has 0 saturated carbocycles. The minimum Gasteiger partial charge on any atom is -0.348 e. The molecule has 2 amide bonds. The summed E-state index contributed by atoms with van der Waals surface area (Å²) >= 11 is 1.33. The van der Waals surface area contributed by atoms with Crippen molar-refractivity contribution in [3.63, 3.8) is 0 Å². The van der Waals surface area contributed by atoms with E-state index in [9.17, 15) is 14.0 Å². The summed E-state index contributed by atoms with van der Waals surface area (Å²) in [5.74, 6) is -0.805. The van der Waals surface area contributed by atoms with Crippen molar-refractivity contribution in [1.29, 1.82) is 0 Å². The molecule has 1 fully saturated rings. The predicted molar refractivity (Wildman–Crippen MR) is 126 cm³/mol. The minimum absolute atomic E-state index is 0.0244. The van der Waals surface area contributed by atoms with Crippen LogP contribution in [0, 0.1) is 11.2 Å². The zero-order valence-electron chi connectivity index (χ0n) is 17.8. The first-order chi connectivity index (χ1) is 16.0. The molecule has 3 heterocycles. The Hall–Kier alpha value is -3.58. The number of aromatic nitrogens is 1. The van der Waals surface area contributed by atoms with E-state index >= 15 is 0 Å². The van der Waals surface area contributed by atoms with Crippen molar-refractivity contribution in [2.45, 2.75) is 25.3 Å².